The molecule has 6 heteroatoms. The number of rotatable bonds is 6. The zero-order valence-electron chi connectivity index (χ0n) is 7.27. The van der Waals surface area contributed by atoms with Gasteiger partial charge in [0.2, 0.25) is 5.91 Å². The Morgan fingerprint density at radius 1 is 1.15 bits per heavy atom. The van der Waals surface area contributed by atoms with Crippen LogP contribution in [-0.4, -0.2) is 29.1 Å². The monoisotopic (exact) mass is 189 g/mol. The minimum atomic E-state index is -1.05. The molecule has 0 spiro atoms. The molecular weight excluding hydrogens is 174 g/mol. The van der Waals surface area contributed by atoms with Gasteiger partial charge in [0.1, 0.15) is 6.04 Å². The molecule has 0 saturated carbocycles. The van der Waals surface area contributed by atoms with Crippen LogP contribution < -0.4 is 17.2 Å². The molecule has 6 nitrogen and oxygen atoms in total. The molecule has 0 aliphatic heterocycles. The van der Waals surface area contributed by atoms with E-state index in [4.69, 9.17) is 22.3 Å². The summed E-state index contributed by atoms with van der Waals surface area (Å²) in [5.41, 5.74) is 15.4. The smallest absolute Gasteiger partial charge is 0.320 e. The average molecular weight is 189 g/mol. The number of hydrogen-bond donors (Lipinski definition) is 4. The van der Waals surface area contributed by atoms with Crippen molar-refractivity contribution in [2.24, 2.45) is 17.2 Å². The summed E-state index contributed by atoms with van der Waals surface area (Å²) in [6.45, 7) is 0. The first-order valence-corrected chi connectivity index (χ1v) is 3.98. The molecule has 0 aromatic carbocycles. The molecule has 0 aromatic rings. The lowest BCUT2D eigenvalue weighted by Gasteiger charge is -2.08. The van der Waals surface area contributed by atoms with Gasteiger partial charge in [-0.15, -0.1) is 0 Å². The van der Waals surface area contributed by atoms with E-state index in [1.807, 2.05) is 0 Å². The Bertz CT molecular complexity index is 175. The third-order valence-electron chi connectivity index (χ3n) is 1.71. The second-order valence-electron chi connectivity index (χ2n) is 2.88. The molecule has 0 aromatic heterocycles. The first kappa shape index (κ1) is 11.9. The molecule has 7 N–H and O–H groups in total. The topological polar surface area (TPSA) is 132 Å². The zero-order chi connectivity index (χ0) is 10.4. The van der Waals surface area contributed by atoms with Crippen molar-refractivity contribution < 1.29 is 14.7 Å². The number of hydrogen-bond acceptors (Lipinski definition) is 4. The van der Waals surface area contributed by atoms with E-state index in [2.05, 4.69) is 0 Å². The molecule has 0 radical (unpaired) electrons. The number of carbonyl (C=O) groups excluding carboxylic acids is 1. The summed E-state index contributed by atoms with van der Waals surface area (Å²) in [6, 6.07) is -1.60. The molecule has 0 fully saturated rings. The van der Waals surface area contributed by atoms with E-state index in [9.17, 15) is 9.59 Å². The fourth-order valence-corrected chi connectivity index (χ4v) is 0.823. The number of amides is 1. The lowest BCUT2D eigenvalue weighted by molar-refractivity contribution is -0.138. The van der Waals surface area contributed by atoms with Crippen LogP contribution in [0.25, 0.3) is 0 Å². The Labute approximate surface area is 76.1 Å². The van der Waals surface area contributed by atoms with E-state index in [0.717, 1.165) is 0 Å². The van der Waals surface area contributed by atoms with Gasteiger partial charge in [-0.2, -0.15) is 0 Å². The van der Waals surface area contributed by atoms with Crippen molar-refractivity contribution in [3.63, 3.8) is 0 Å². The number of primary amides is 1. The molecule has 1 amide bonds. The molecule has 0 saturated heterocycles. The number of carboxylic acids is 1. The van der Waals surface area contributed by atoms with E-state index in [0.29, 0.717) is 19.3 Å². The predicted molar refractivity (Wildman–Crippen MR) is 46.6 cm³/mol. The summed E-state index contributed by atoms with van der Waals surface area (Å²) in [5, 5.41) is 8.41. The highest BCUT2D eigenvalue weighted by atomic mass is 16.4. The third kappa shape index (κ3) is 5.15. The highest BCUT2D eigenvalue weighted by Crippen LogP contribution is 2.01. The third-order valence-corrected chi connectivity index (χ3v) is 1.71. The molecule has 0 heterocycles. The standard InChI is InChI=1S/C7H15N3O3/c8-4(6(10)11)2-1-3-5(9)7(12)13/h4-5H,1-3,8-9H2,(H2,10,11)(H,12,13)/t4-,5-/m1/s1. The van der Waals surface area contributed by atoms with Crippen LogP contribution in [0, 0.1) is 0 Å². The van der Waals surface area contributed by atoms with Crippen LogP contribution in [0.3, 0.4) is 0 Å². The molecule has 0 unspecified atom stereocenters. The van der Waals surface area contributed by atoms with Crippen LogP contribution >= 0.6 is 0 Å². The highest BCUT2D eigenvalue weighted by molar-refractivity contribution is 5.79. The second-order valence-corrected chi connectivity index (χ2v) is 2.88. The maximum atomic E-state index is 10.5. The van der Waals surface area contributed by atoms with Gasteiger partial charge in [-0.05, 0) is 19.3 Å². The number of carbonyl (C=O) groups is 2. The predicted octanol–water partition coefficient (Wildman–Crippen LogP) is -1.62. The number of aliphatic carboxylic acids is 1. The van der Waals surface area contributed by atoms with Crippen LogP contribution in [0.4, 0.5) is 0 Å². The van der Waals surface area contributed by atoms with Crippen LogP contribution in [-0.2, 0) is 9.59 Å². The molecule has 0 bridgehead atoms. The van der Waals surface area contributed by atoms with E-state index >= 15 is 0 Å². The Balaban J connectivity index is 3.56. The van der Waals surface area contributed by atoms with Crippen molar-refractivity contribution in [1.29, 1.82) is 0 Å². The van der Waals surface area contributed by atoms with Crippen molar-refractivity contribution in [2.45, 2.75) is 31.3 Å². The Hall–Kier alpha value is -1.14. The van der Waals surface area contributed by atoms with Gasteiger partial charge >= 0.3 is 5.97 Å². The molecule has 0 aliphatic carbocycles. The molecule has 0 aliphatic rings. The summed E-state index contributed by atoms with van der Waals surface area (Å²) >= 11 is 0. The Kier molecular flexibility index (Phi) is 5.01. The lowest BCUT2D eigenvalue weighted by Crippen LogP contribution is -2.37. The van der Waals surface area contributed by atoms with Gasteiger partial charge in [-0.1, -0.05) is 0 Å². The first-order chi connectivity index (χ1) is 5.95. The highest BCUT2D eigenvalue weighted by Gasteiger charge is 2.13. The van der Waals surface area contributed by atoms with Gasteiger partial charge in [-0.3, -0.25) is 9.59 Å². The van der Waals surface area contributed by atoms with Gasteiger partial charge < -0.3 is 22.3 Å². The SMILES string of the molecule is NC(=O)[C@H](N)CCC[C@@H](N)C(=O)O. The van der Waals surface area contributed by atoms with Crippen LogP contribution in [0.5, 0.6) is 0 Å². The maximum absolute atomic E-state index is 10.5. The minimum absolute atomic E-state index is 0.302. The van der Waals surface area contributed by atoms with E-state index in [1.165, 1.54) is 0 Å². The minimum Gasteiger partial charge on any atom is -0.480 e. The largest absolute Gasteiger partial charge is 0.480 e. The lowest BCUT2D eigenvalue weighted by atomic mass is 10.1. The fraction of sp³-hybridized carbons (Fsp3) is 0.714. The summed E-state index contributed by atoms with van der Waals surface area (Å²) in [7, 11) is 0. The fourth-order valence-electron chi connectivity index (χ4n) is 0.823. The van der Waals surface area contributed by atoms with Gasteiger partial charge in [0.15, 0.2) is 0 Å². The van der Waals surface area contributed by atoms with Gasteiger partial charge in [-0.25, -0.2) is 0 Å². The Morgan fingerprint density at radius 2 is 1.62 bits per heavy atom. The summed E-state index contributed by atoms with van der Waals surface area (Å²) < 4.78 is 0. The normalized spacial score (nSPS) is 14.9. The van der Waals surface area contributed by atoms with Gasteiger partial charge in [0.25, 0.3) is 0 Å². The zero-order valence-corrected chi connectivity index (χ0v) is 7.27. The van der Waals surface area contributed by atoms with Crippen molar-refractivity contribution in [1.82, 2.24) is 0 Å². The van der Waals surface area contributed by atoms with Gasteiger partial charge in [0, 0.05) is 0 Å². The van der Waals surface area contributed by atoms with E-state index in [-0.39, 0.29) is 0 Å². The van der Waals surface area contributed by atoms with Crippen molar-refractivity contribution in [3.05, 3.63) is 0 Å². The first-order valence-electron chi connectivity index (χ1n) is 3.98. The van der Waals surface area contributed by atoms with Crippen molar-refractivity contribution in [3.8, 4) is 0 Å². The molecule has 0 rings (SSSR count). The van der Waals surface area contributed by atoms with Crippen LogP contribution in [0.2, 0.25) is 0 Å². The van der Waals surface area contributed by atoms with Crippen molar-refractivity contribution in [2.75, 3.05) is 0 Å². The molecule has 76 valence electrons. The van der Waals surface area contributed by atoms with E-state index < -0.39 is 24.0 Å². The molecular formula is C7H15N3O3. The number of carboxylic acid groups (broad SMARTS) is 1. The number of nitrogens with two attached hydrogens (primary N) is 3. The van der Waals surface area contributed by atoms with E-state index in [1.54, 1.807) is 0 Å². The summed E-state index contributed by atoms with van der Waals surface area (Å²) in [5.74, 6) is -1.63. The molecule has 13 heavy (non-hydrogen) atoms. The summed E-state index contributed by atoms with van der Waals surface area (Å²) in [4.78, 5) is 20.7. The second kappa shape index (κ2) is 5.50. The quantitative estimate of drug-likeness (QED) is 0.398. The molecule has 2 atom stereocenters. The van der Waals surface area contributed by atoms with Crippen molar-refractivity contribution >= 4 is 11.9 Å². The van der Waals surface area contributed by atoms with Crippen LogP contribution in [0.1, 0.15) is 19.3 Å². The Morgan fingerprint density at radius 3 is 2.00 bits per heavy atom. The van der Waals surface area contributed by atoms with Crippen LogP contribution in [0.15, 0.2) is 0 Å². The maximum Gasteiger partial charge on any atom is 0.320 e. The summed E-state index contributed by atoms with van der Waals surface area (Å²) in [6.07, 6.45) is 1.16. The average Bonchev–Trinajstić information content (AvgIpc) is 2.03. The van der Waals surface area contributed by atoms with Gasteiger partial charge in [0.05, 0.1) is 6.04 Å².